The van der Waals surface area contributed by atoms with Crippen molar-refractivity contribution in [3.05, 3.63) is 41.7 Å². The number of nitrogens with one attached hydrogen (secondary N) is 1. The van der Waals surface area contributed by atoms with Gasteiger partial charge in [0.1, 0.15) is 12.4 Å². The maximum atomic E-state index is 12.1. The molecular formula is C15H20N4O2. The minimum absolute atomic E-state index is 0.124. The van der Waals surface area contributed by atoms with Crippen LogP contribution in [-0.4, -0.2) is 28.8 Å². The van der Waals surface area contributed by atoms with Crippen molar-refractivity contribution in [2.24, 2.45) is 7.05 Å². The first-order valence-electron chi connectivity index (χ1n) is 6.89. The molecule has 0 spiro atoms. The zero-order valence-electron chi connectivity index (χ0n) is 12.3. The summed E-state index contributed by atoms with van der Waals surface area (Å²) >= 11 is 0. The van der Waals surface area contributed by atoms with Crippen molar-refractivity contribution in [1.29, 1.82) is 0 Å². The van der Waals surface area contributed by atoms with Gasteiger partial charge in [-0.25, -0.2) is 0 Å². The lowest BCUT2D eigenvalue weighted by atomic mass is 10.2. The second kappa shape index (κ2) is 6.78. The Balaban J connectivity index is 1.80. The van der Waals surface area contributed by atoms with Gasteiger partial charge in [0.2, 0.25) is 0 Å². The number of nitrogen functional groups attached to an aromatic ring is 1. The Morgan fingerprint density at radius 3 is 2.76 bits per heavy atom. The largest absolute Gasteiger partial charge is 0.492 e. The Hall–Kier alpha value is -2.50. The van der Waals surface area contributed by atoms with Crippen LogP contribution in [0.15, 0.2) is 30.5 Å². The van der Waals surface area contributed by atoms with Gasteiger partial charge in [-0.1, -0.05) is 6.92 Å². The molecule has 112 valence electrons. The fourth-order valence-electron chi connectivity index (χ4n) is 1.98. The fraction of sp³-hybridized carbons (Fsp3) is 0.333. The van der Waals surface area contributed by atoms with Gasteiger partial charge in [-0.2, -0.15) is 5.10 Å². The highest BCUT2D eigenvalue weighted by molar-refractivity contribution is 5.95. The van der Waals surface area contributed by atoms with Gasteiger partial charge >= 0.3 is 0 Å². The van der Waals surface area contributed by atoms with E-state index < -0.39 is 0 Å². The third-order valence-electron chi connectivity index (χ3n) is 3.02. The number of rotatable bonds is 6. The summed E-state index contributed by atoms with van der Waals surface area (Å²) in [5, 5.41) is 7.07. The molecule has 0 bridgehead atoms. The molecule has 2 aromatic rings. The van der Waals surface area contributed by atoms with Crippen LogP contribution < -0.4 is 15.8 Å². The molecule has 6 heteroatoms. The van der Waals surface area contributed by atoms with Crippen LogP contribution in [0.2, 0.25) is 0 Å². The van der Waals surface area contributed by atoms with E-state index in [2.05, 4.69) is 10.4 Å². The Bertz CT molecular complexity index is 605. The van der Waals surface area contributed by atoms with Gasteiger partial charge in [0.15, 0.2) is 0 Å². The molecule has 1 amide bonds. The minimum Gasteiger partial charge on any atom is -0.492 e. The lowest BCUT2D eigenvalue weighted by Crippen LogP contribution is -2.28. The number of nitrogens with two attached hydrogens (primary N) is 1. The Kier molecular flexibility index (Phi) is 4.81. The monoisotopic (exact) mass is 288 g/mol. The number of aryl methyl sites for hydroxylation is 2. The van der Waals surface area contributed by atoms with Crippen molar-refractivity contribution >= 4 is 11.6 Å². The van der Waals surface area contributed by atoms with Crippen molar-refractivity contribution in [3.63, 3.8) is 0 Å². The molecule has 0 fully saturated rings. The first kappa shape index (κ1) is 14.9. The van der Waals surface area contributed by atoms with Crippen LogP contribution in [0.1, 0.15) is 23.0 Å². The van der Waals surface area contributed by atoms with E-state index in [1.165, 1.54) is 0 Å². The molecule has 6 nitrogen and oxygen atoms in total. The molecule has 0 saturated heterocycles. The maximum absolute atomic E-state index is 12.1. The van der Waals surface area contributed by atoms with E-state index >= 15 is 0 Å². The van der Waals surface area contributed by atoms with Crippen molar-refractivity contribution in [1.82, 2.24) is 15.1 Å². The number of carbonyl (C=O) groups is 1. The zero-order valence-corrected chi connectivity index (χ0v) is 12.3. The van der Waals surface area contributed by atoms with Crippen molar-refractivity contribution < 1.29 is 9.53 Å². The Labute approximate surface area is 123 Å². The minimum atomic E-state index is -0.124. The summed E-state index contributed by atoms with van der Waals surface area (Å²) < 4.78 is 7.17. The average molecular weight is 288 g/mol. The van der Waals surface area contributed by atoms with Crippen LogP contribution >= 0.6 is 0 Å². The van der Waals surface area contributed by atoms with E-state index in [0.29, 0.717) is 24.4 Å². The second-order valence-corrected chi connectivity index (χ2v) is 4.69. The van der Waals surface area contributed by atoms with Crippen LogP contribution in [0.4, 0.5) is 5.69 Å². The predicted molar refractivity (Wildman–Crippen MR) is 81.3 cm³/mol. The molecule has 1 heterocycles. The third-order valence-corrected chi connectivity index (χ3v) is 3.02. The summed E-state index contributed by atoms with van der Waals surface area (Å²) in [6.07, 6.45) is 2.46. The zero-order chi connectivity index (χ0) is 15.2. The molecule has 1 aromatic heterocycles. The van der Waals surface area contributed by atoms with Crippen molar-refractivity contribution in [3.8, 4) is 5.75 Å². The highest BCUT2D eigenvalue weighted by Gasteiger charge is 2.13. The summed E-state index contributed by atoms with van der Waals surface area (Å²) in [7, 11) is 1.81. The number of ether oxygens (including phenoxy) is 1. The first-order chi connectivity index (χ1) is 10.1. The number of hydrogen-bond donors (Lipinski definition) is 2. The van der Waals surface area contributed by atoms with Crippen LogP contribution in [-0.2, 0) is 13.5 Å². The van der Waals surface area contributed by atoms with Gasteiger partial charge in [-0.3, -0.25) is 9.48 Å². The topological polar surface area (TPSA) is 82.2 Å². The van der Waals surface area contributed by atoms with Gasteiger partial charge < -0.3 is 15.8 Å². The number of amides is 1. The van der Waals surface area contributed by atoms with E-state index in [0.717, 1.165) is 17.9 Å². The number of nitrogens with zero attached hydrogens (tertiary/aromatic N) is 2. The lowest BCUT2D eigenvalue weighted by molar-refractivity contribution is 0.0946. The van der Waals surface area contributed by atoms with Gasteiger partial charge in [0.25, 0.3) is 5.91 Å². The predicted octanol–water partition coefficient (Wildman–Crippen LogP) is 1.37. The molecule has 0 aliphatic rings. The quantitative estimate of drug-likeness (QED) is 0.621. The van der Waals surface area contributed by atoms with Crippen molar-refractivity contribution in [2.75, 3.05) is 18.9 Å². The number of hydrogen-bond acceptors (Lipinski definition) is 4. The smallest absolute Gasteiger partial charge is 0.254 e. The van der Waals surface area contributed by atoms with Gasteiger partial charge in [0.05, 0.1) is 17.8 Å². The molecule has 1 aromatic carbocycles. The molecule has 0 aliphatic heterocycles. The SMILES string of the molecule is CCc1nn(C)cc1C(=O)NCCOc1ccc(N)cc1. The summed E-state index contributed by atoms with van der Waals surface area (Å²) in [5.74, 6) is 0.606. The highest BCUT2D eigenvalue weighted by atomic mass is 16.5. The van der Waals surface area contributed by atoms with Gasteiger partial charge in [-0.05, 0) is 30.7 Å². The molecule has 0 atom stereocenters. The second-order valence-electron chi connectivity index (χ2n) is 4.69. The molecule has 0 aliphatic carbocycles. The Morgan fingerprint density at radius 2 is 2.10 bits per heavy atom. The van der Waals surface area contributed by atoms with Crippen LogP contribution in [0.5, 0.6) is 5.75 Å². The first-order valence-corrected chi connectivity index (χ1v) is 6.89. The van der Waals surface area contributed by atoms with Crippen LogP contribution in [0.25, 0.3) is 0 Å². The summed E-state index contributed by atoms with van der Waals surface area (Å²) in [4.78, 5) is 12.1. The molecule has 3 N–H and O–H groups in total. The molecule has 2 rings (SSSR count). The number of carbonyl (C=O) groups excluding carboxylic acids is 1. The third kappa shape index (κ3) is 3.98. The molecule has 0 saturated carbocycles. The van der Waals surface area contributed by atoms with E-state index in [-0.39, 0.29) is 5.91 Å². The van der Waals surface area contributed by atoms with Crippen LogP contribution in [0, 0.1) is 0 Å². The van der Waals surface area contributed by atoms with Gasteiger partial charge in [-0.15, -0.1) is 0 Å². The molecular weight excluding hydrogens is 268 g/mol. The average Bonchev–Trinajstić information content (AvgIpc) is 2.86. The van der Waals surface area contributed by atoms with Crippen molar-refractivity contribution in [2.45, 2.75) is 13.3 Å². The normalized spacial score (nSPS) is 10.4. The summed E-state index contributed by atoms with van der Waals surface area (Å²) in [6.45, 7) is 2.81. The van der Waals surface area contributed by atoms with E-state index in [1.807, 2.05) is 6.92 Å². The number of aromatic nitrogens is 2. The number of benzene rings is 1. The molecule has 0 radical (unpaired) electrons. The molecule has 21 heavy (non-hydrogen) atoms. The summed E-state index contributed by atoms with van der Waals surface area (Å²) in [6, 6.07) is 7.15. The maximum Gasteiger partial charge on any atom is 0.254 e. The standard InChI is InChI=1S/C15H20N4O2/c1-3-14-13(10-19(2)18-14)15(20)17-8-9-21-12-6-4-11(16)5-7-12/h4-7,10H,3,8-9,16H2,1-2H3,(H,17,20). The number of anilines is 1. The van der Waals surface area contributed by atoms with Gasteiger partial charge in [0, 0.05) is 18.9 Å². The highest BCUT2D eigenvalue weighted by Crippen LogP contribution is 2.12. The summed E-state index contributed by atoms with van der Waals surface area (Å²) in [5.41, 5.74) is 7.71. The van der Waals surface area contributed by atoms with E-state index in [1.54, 1.807) is 42.2 Å². The lowest BCUT2D eigenvalue weighted by Gasteiger charge is -2.07. The fourth-order valence-corrected chi connectivity index (χ4v) is 1.98. The molecule has 0 unspecified atom stereocenters. The Morgan fingerprint density at radius 1 is 1.38 bits per heavy atom. The van der Waals surface area contributed by atoms with Crippen LogP contribution in [0.3, 0.4) is 0 Å². The van der Waals surface area contributed by atoms with E-state index in [9.17, 15) is 4.79 Å². The van der Waals surface area contributed by atoms with E-state index in [4.69, 9.17) is 10.5 Å².